The van der Waals surface area contributed by atoms with Gasteiger partial charge >= 0.3 is 11.7 Å². The zero-order valence-corrected chi connectivity index (χ0v) is 17.4. The van der Waals surface area contributed by atoms with Gasteiger partial charge < -0.3 is 14.1 Å². The number of para-hydroxylation sites is 2. The van der Waals surface area contributed by atoms with E-state index in [0.717, 1.165) is 43.8 Å². The molecule has 30 heavy (non-hydrogen) atoms. The highest BCUT2D eigenvalue weighted by molar-refractivity contribution is 5.89. The number of fused-ring (bicyclic) bond motifs is 1. The summed E-state index contributed by atoms with van der Waals surface area (Å²) in [5, 5.41) is 0. The number of carbonyl (C=O) groups is 1. The van der Waals surface area contributed by atoms with E-state index >= 15 is 0 Å². The molecule has 7 heteroatoms. The van der Waals surface area contributed by atoms with Crippen LogP contribution in [0.2, 0.25) is 0 Å². The molecule has 0 bridgehead atoms. The van der Waals surface area contributed by atoms with Gasteiger partial charge in [0.1, 0.15) is 0 Å². The number of esters is 1. The van der Waals surface area contributed by atoms with Gasteiger partial charge in [0.05, 0.1) is 18.2 Å². The van der Waals surface area contributed by atoms with Crippen LogP contribution in [0.25, 0.3) is 11.1 Å². The molecule has 0 N–H and O–H groups in total. The predicted octanol–water partition coefficient (Wildman–Crippen LogP) is 2.98. The van der Waals surface area contributed by atoms with Crippen molar-refractivity contribution in [1.29, 1.82) is 0 Å². The van der Waals surface area contributed by atoms with Crippen LogP contribution in [-0.2, 0) is 11.3 Å². The minimum Gasteiger partial charge on any atom is -0.465 e. The average molecular weight is 409 g/mol. The summed E-state index contributed by atoms with van der Waals surface area (Å²) >= 11 is 0. The van der Waals surface area contributed by atoms with Crippen LogP contribution in [0.1, 0.15) is 23.7 Å². The second kappa shape index (κ2) is 8.75. The van der Waals surface area contributed by atoms with E-state index in [-0.39, 0.29) is 11.7 Å². The van der Waals surface area contributed by atoms with Crippen LogP contribution < -0.4 is 10.7 Å². The summed E-state index contributed by atoms with van der Waals surface area (Å²) < 4.78 is 11.8. The fraction of sp³-hybridized carbons (Fsp3) is 0.391. The maximum Gasteiger partial charge on any atom is 0.419 e. The first kappa shape index (κ1) is 20.2. The molecule has 1 fully saturated rings. The van der Waals surface area contributed by atoms with Crippen molar-refractivity contribution < 1.29 is 13.9 Å². The van der Waals surface area contributed by atoms with Gasteiger partial charge in [0, 0.05) is 44.5 Å². The molecule has 1 aliphatic rings. The molecule has 1 atom stereocenters. The van der Waals surface area contributed by atoms with Crippen LogP contribution in [0.15, 0.2) is 57.7 Å². The highest BCUT2D eigenvalue weighted by atomic mass is 16.5. The summed E-state index contributed by atoms with van der Waals surface area (Å²) in [4.78, 5) is 28.5. The summed E-state index contributed by atoms with van der Waals surface area (Å²) in [6, 6.07) is 15.5. The number of methoxy groups -OCH3 is 1. The average Bonchev–Trinajstić information content (AvgIpc) is 3.09. The zero-order valence-electron chi connectivity index (χ0n) is 17.4. The highest BCUT2D eigenvalue weighted by Gasteiger charge is 2.23. The summed E-state index contributed by atoms with van der Waals surface area (Å²) in [6.45, 7) is 6.62. The third kappa shape index (κ3) is 4.11. The Morgan fingerprint density at radius 3 is 2.60 bits per heavy atom. The summed E-state index contributed by atoms with van der Waals surface area (Å²) in [5.74, 6) is -0.603. The summed E-state index contributed by atoms with van der Waals surface area (Å²) in [6.07, 6.45) is 0.890. The number of nitrogens with zero attached hydrogens (tertiary/aromatic N) is 3. The lowest BCUT2D eigenvalue weighted by Gasteiger charge is -2.41. The molecule has 2 aromatic carbocycles. The van der Waals surface area contributed by atoms with Crippen LogP contribution in [0.4, 0.5) is 5.69 Å². The van der Waals surface area contributed by atoms with Crippen molar-refractivity contribution in [2.24, 2.45) is 0 Å². The van der Waals surface area contributed by atoms with Gasteiger partial charge in [0.2, 0.25) is 0 Å². The molecular weight excluding hydrogens is 382 g/mol. The number of rotatable bonds is 6. The minimum absolute atomic E-state index is 0.288. The largest absolute Gasteiger partial charge is 0.465 e. The summed E-state index contributed by atoms with van der Waals surface area (Å²) in [7, 11) is 1.39. The number of hydrogen-bond acceptors (Lipinski definition) is 6. The molecule has 4 rings (SSSR count). The van der Waals surface area contributed by atoms with Crippen molar-refractivity contribution in [3.63, 3.8) is 0 Å². The van der Waals surface area contributed by atoms with Gasteiger partial charge in [0.25, 0.3) is 0 Å². The van der Waals surface area contributed by atoms with Crippen molar-refractivity contribution in [2.75, 3.05) is 38.2 Å². The van der Waals surface area contributed by atoms with Crippen molar-refractivity contribution >= 4 is 22.8 Å². The smallest absolute Gasteiger partial charge is 0.419 e. The predicted molar refractivity (Wildman–Crippen MR) is 116 cm³/mol. The first-order valence-corrected chi connectivity index (χ1v) is 10.3. The van der Waals surface area contributed by atoms with Gasteiger partial charge in [-0.1, -0.05) is 12.1 Å². The number of aryl methyl sites for hydroxylation is 1. The van der Waals surface area contributed by atoms with E-state index < -0.39 is 0 Å². The van der Waals surface area contributed by atoms with E-state index in [1.807, 2.05) is 48.5 Å². The first-order valence-electron chi connectivity index (χ1n) is 10.3. The quantitative estimate of drug-likeness (QED) is 0.583. The monoisotopic (exact) mass is 409 g/mol. The maximum absolute atomic E-state index is 12.1. The Morgan fingerprint density at radius 2 is 1.87 bits per heavy atom. The molecule has 1 aliphatic heterocycles. The van der Waals surface area contributed by atoms with Crippen molar-refractivity contribution in [3.8, 4) is 0 Å². The van der Waals surface area contributed by atoms with E-state index in [9.17, 15) is 9.59 Å². The number of hydrogen-bond donors (Lipinski definition) is 0. The molecule has 0 spiro atoms. The molecule has 0 saturated carbocycles. The third-order valence-corrected chi connectivity index (χ3v) is 5.82. The Kier molecular flexibility index (Phi) is 5.90. The molecule has 0 amide bonds. The van der Waals surface area contributed by atoms with E-state index in [2.05, 4.69) is 16.7 Å². The first-order chi connectivity index (χ1) is 14.6. The van der Waals surface area contributed by atoms with Gasteiger partial charge in [-0.25, -0.2) is 9.59 Å². The van der Waals surface area contributed by atoms with Crippen molar-refractivity contribution in [1.82, 2.24) is 9.47 Å². The molecule has 1 aromatic heterocycles. The number of piperazine rings is 1. The second-order valence-electron chi connectivity index (χ2n) is 7.71. The van der Waals surface area contributed by atoms with Gasteiger partial charge in [0.15, 0.2) is 5.58 Å². The van der Waals surface area contributed by atoms with E-state index in [1.54, 1.807) is 4.57 Å². The number of carbonyl (C=O) groups excluding carboxylic acids is 1. The normalized spacial score (nSPS) is 17.4. The SMILES string of the molecule is COC(=O)c1ccc(N2CCN(CCCn3c(=O)oc4ccccc43)C(C)C2)cc1. The Labute approximate surface area is 175 Å². The number of oxazole rings is 1. The van der Waals surface area contributed by atoms with Gasteiger partial charge in [-0.3, -0.25) is 9.47 Å². The van der Waals surface area contributed by atoms with Crippen molar-refractivity contribution in [2.45, 2.75) is 25.9 Å². The Bertz CT molecular complexity index is 1070. The van der Waals surface area contributed by atoms with Crippen molar-refractivity contribution in [3.05, 3.63) is 64.6 Å². The number of benzene rings is 2. The lowest BCUT2D eigenvalue weighted by molar-refractivity contribution is 0.0600. The molecular formula is C23H27N3O4. The number of ether oxygens (including phenoxy) is 1. The maximum atomic E-state index is 12.1. The second-order valence-corrected chi connectivity index (χ2v) is 7.71. The third-order valence-electron chi connectivity index (χ3n) is 5.82. The van der Waals surface area contributed by atoms with Crippen LogP contribution in [-0.4, -0.2) is 54.8 Å². The molecule has 1 saturated heterocycles. The Hall–Kier alpha value is -3.06. The fourth-order valence-electron chi connectivity index (χ4n) is 4.15. The summed E-state index contributed by atoms with van der Waals surface area (Å²) in [5.41, 5.74) is 3.18. The molecule has 7 nitrogen and oxygen atoms in total. The lowest BCUT2D eigenvalue weighted by atomic mass is 10.1. The van der Waals surface area contributed by atoms with E-state index in [4.69, 9.17) is 9.15 Å². The van der Waals surface area contributed by atoms with Crippen LogP contribution in [0, 0.1) is 0 Å². The van der Waals surface area contributed by atoms with Gasteiger partial charge in [-0.15, -0.1) is 0 Å². The zero-order chi connectivity index (χ0) is 21.1. The molecule has 158 valence electrons. The van der Waals surface area contributed by atoms with Crippen LogP contribution in [0.5, 0.6) is 0 Å². The molecule has 3 aromatic rings. The van der Waals surface area contributed by atoms with Crippen LogP contribution >= 0.6 is 0 Å². The Balaban J connectivity index is 1.32. The molecule has 0 aliphatic carbocycles. The number of aromatic nitrogens is 1. The highest BCUT2D eigenvalue weighted by Crippen LogP contribution is 2.20. The molecule has 0 radical (unpaired) electrons. The van der Waals surface area contributed by atoms with Gasteiger partial charge in [-0.2, -0.15) is 0 Å². The standard InChI is InChI=1S/C23H27N3O4/c1-17-16-25(19-10-8-18(9-11-19)22(27)29-2)15-14-24(17)12-5-13-26-20-6-3-4-7-21(20)30-23(26)28/h3-4,6-11,17H,5,12-16H2,1-2H3. The van der Waals surface area contributed by atoms with Crippen LogP contribution in [0.3, 0.4) is 0 Å². The minimum atomic E-state index is -0.316. The van der Waals surface area contributed by atoms with E-state index in [1.165, 1.54) is 7.11 Å². The molecule has 2 heterocycles. The Morgan fingerprint density at radius 1 is 1.10 bits per heavy atom. The lowest BCUT2D eigenvalue weighted by Crippen LogP contribution is -2.52. The topological polar surface area (TPSA) is 67.9 Å². The molecule has 1 unspecified atom stereocenters. The fourth-order valence-corrected chi connectivity index (χ4v) is 4.15. The van der Waals surface area contributed by atoms with Gasteiger partial charge in [-0.05, 0) is 49.7 Å². The van der Waals surface area contributed by atoms with E-state index in [0.29, 0.717) is 23.7 Å². The number of anilines is 1.